The summed E-state index contributed by atoms with van der Waals surface area (Å²) in [5.74, 6) is -2.25. The Morgan fingerprint density at radius 1 is 1.19 bits per heavy atom. The molecular weight excluding hydrogens is 366 g/mol. The van der Waals surface area contributed by atoms with Crippen molar-refractivity contribution in [1.82, 2.24) is 10.3 Å². The minimum atomic E-state index is -0.952. The van der Waals surface area contributed by atoms with Gasteiger partial charge < -0.3 is 15.7 Å². The number of benzene rings is 1. The summed E-state index contributed by atoms with van der Waals surface area (Å²) in [6.45, 7) is 3.61. The smallest absolute Gasteiger partial charge is 0.308 e. The number of carbonyl (C=O) groups is 3. The number of amides is 2. The van der Waals surface area contributed by atoms with E-state index in [1.165, 1.54) is 11.3 Å². The molecule has 1 aromatic heterocycles. The quantitative estimate of drug-likeness (QED) is 0.610. The number of carbonyl (C=O) groups excluding carboxylic acids is 2. The summed E-state index contributed by atoms with van der Waals surface area (Å²) in [4.78, 5) is 39.4. The lowest BCUT2D eigenvalue weighted by Crippen LogP contribution is -2.35. The number of aliphatic carboxylic acids is 1. The Balaban J connectivity index is 1.84. The maximum Gasteiger partial charge on any atom is 0.308 e. The molecule has 1 heterocycles. The van der Waals surface area contributed by atoms with Crippen molar-refractivity contribution in [2.45, 2.75) is 26.7 Å². The van der Waals surface area contributed by atoms with Crippen molar-refractivity contribution in [3.63, 3.8) is 0 Å². The van der Waals surface area contributed by atoms with Gasteiger partial charge in [-0.3, -0.25) is 14.4 Å². The highest BCUT2D eigenvalue weighted by Crippen LogP contribution is 2.17. The van der Waals surface area contributed by atoms with E-state index in [-0.39, 0.29) is 30.7 Å². The minimum absolute atomic E-state index is 0.0335. The van der Waals surface area contributed by atoms with Crippen molar-refractivity contribution in [2.24, 2.45) is 11.8 Å². The Bertz CT molecular complexity index is 789. The lowest BCUT2D eigenvalue weighted by atomic mass is 9.99. The van der Waals surface area contributed by atoms with Gasteiger partial charge in [0.25, 0.3) is 0 Å². The molecule has 27 heavy (non-hydrogen) atoms. The molecule has 144 valence electrons. The molecule has 0 aliphatic heterocycles. The molecule has 0 aliphatic carbocycles. The van der Waals surface area contributed by atoms with Crippen LogP contribution in [0, 0.1) is 11.8 Å². The molecule has 8 heteroatoms. The van der Waals surface area contributed by atoms with Gasteiger partial charge in [-0.15, -0.1) is 11.3 Å². The average Bonchev–Trinajstić information content (AvgIpc) is 3.05. The maximum absolute atomic E-state index is 12.1. The highest BCUT2D eigenvalue weighted by Gasteiger charge is 2.19. The van der Waals surface area contributed by atoms with Crippen LogP contribution in [0.1, 0.15) is 25.1 Å². The van der Waals surface area contributed by atoms with E-state index < -0.39 is 11.9 Å². The van der Waals surface area contributed by atoms with E-state index in [1.807, 2.05) is 30.3 Å². The molecule has 1 atom stereocenters. The number of hydrogen-bond acceptors (Lipinski definition) is 5. The Morgan fingerprint density at radius 2 is 1.89 bits per heavy atom. The predicted molar refractivity (Wildman–Crippen MR) is 104 cm³/mol. The number of carboxylic acids is 1. The normalized spacial score (nSPS) is 11.8. The summed E-state index contributed by atoms with van der Waals surface area (Å²) < 4.78 is 0. The lowest BCUT2D eigenvalue weighted by molar-refractivity contribution is -0.141. The number of nitrogens with one attached hydrogen (secondary N) is 2. The van der Waals surface area contributed by atoms with Crippen LogP contribution in [-0.2, 0) is 27.2 Å². The molecule has 0 bridgehead atoms. The van der Waals surface area contributed by atoms with Gasteiger partial charge in [-0.1, -0.05) is 44.2 Å². The van der Waals surface area contributed by atoms with Crippen molar-refractivity contribution in [3.8, 4) is 0 Å². The van der Waals surface area contributed by atoms with Crippen molar-refractivity contribution < 1.29 is 19.5 Å². The van der Waals surface area contributed by atoms with Crippen LogP contribution in [0.15, 0.2) is 35.7 Å². The predicted octanol–water partition coefficient (Wildman–Crippen LogP) is 2.34. The van der Waals surface area contributed by atoms with Gasteiger partial charge in [0.1, 0.15) is 0 Å². The van der Waals surface area contributed by atoms with Crippen LogP contribution < -0.4 is 10.6 Å². The van der Waals surface area contributed by atoms with E-state index in [0.29, 0.717) is 17.2 Å². The lowest BCUT2D eigenvalue weighted by Gasteiger charge is -2.13. The van der Waals surface area contributed by atoms with E-state index in [1.54, 1.807) is 19.2 Å². The molecule has 0 fully saturated rings. The van der Waals surface area contributed by atoms with Gasteiger partial charge in [0.15, 0.2) is 5.13 Å². The fourth-order valence-corrected chi connectivity index (χ4v) is 3.02. The fraction of sp³-hybridized carbons (Fsp3) is 0.368. The summed E-state index contributed by atoms with van der Waals surface area (Å²) in [5.41, 5.74) is 1.44. The SMILES string of the molecule is CC(C)C(=O)Nc1nc(CC(=O)NCC(Cc2ccccc2)C(=O)O)cs1. The van der Waals surface area contributed by atoms with Crippen LogP contribution in [0.3, 0.4) is 0 Å². The molecule has 0 saturated carbocycles. The molecule has 1 unspecified atom stereocenters. The van der Waals surface area contributed by atoms with Crippen LogP contribution in [-0.4, -0.2) is 34.4 Å². The number of carboxylic acid groups (broad SMARTS) is 1. The second-order valence-electron chi connectivity index (χ2n) is 6.49. The molecule has 2 rings (SSSR count). The van der Waals surface area contributed by atoms with E-state index in [2.05, 4.69) is 15.6 Å². The third-order valence-electron chi connectivity index (χ3n) is 3.87. The second kappa shape index (κ2) is 9.82. The Labute approximate surface area is 161 Å². The van der Waals surface area contributed by atoms with E-state index in [9.17, 15) is 19.5 Å². The molecular formula is C19H23N3O4S. The number of anilines is 1. The topological polar surface area (TPSA) is 108 Å². The van der Waals surface area contributed by atoms with Crippen molar-refractivity contribution in [2.75, 3.05) is 11.9 Å². The van der Waals surface area contributed by atoms with E-state index in [0.717, 1.165) is 5.56 Å². The molecule has 0 saturated heterocycles. The van der Waals surface area contributed by atoms with Crippen LogP contribution in [0.4, 0.5) is 5.13 Å². The molecule has 3 N–H and O–H groups in total. The Kier molecular flexibility index (Phi) is 7.48. The summed E-state index contributed by atoms with van der Waals surface area (Å²) in [6.07, 6.45) is 0.379. The summed E-state index contributed by atoms with van der Waals surface area (Å²) >= 11 is 1.25. The van der Waals surface area contributed by atoms with Crippen LogP contribution in [0.5, 0.6) is 0 Å². The number of nitrogens with zero attached hydrogens (tertiary/aromatic N) is 1. The van der Waals surface area contributed by atoms with Gasteiger partial charge in [0.2, 0.25) is 11.8 Å². The molecule has 1 aromatic carbocycles. The van der Waals surface area contributed by atoms with E-state index in [4.69, 9.17) is 0 Å². The third-order valence-corrected chi connectivity index (χ3v) is 4.67. The minimum Gasteiger partial charge on any atom is -0.481 e. The molecule has 0 aliphatic rings. The first kappa shape index (κ1) is 20.6. The van der Waals surface area contributed by atoms with Gasteiger partial charge >= 0.3 is 5.97 Å². The van der Waals surface area contributed by atoms with E-state index >= 15 is 0 Å². The third kappa shape index (κ3) is 6.82. The van der Waals surface area contributed by atoms with Gasteiger partial charge in [0.05, 0.1) is 18.0 Å². The zero-order valence-corrected chi connectivity index (χ0v) is 16.1. The zero-order chi connectivity index (χ0) is 19.8. The summed E-state index contributed by atoms with van der Waals surface area (Å²) in [6, 6.07) is 9.29. The largest absolute Gasteiger partial charge is 0.481 e. The average molecular weight is 389 g/mol. The number of hydrogen-bond donors (Lipinski definition) is 3. The summed E-state index contributed by atoms with van der Waals surface area (Å²) in [5, 5.41) is 16.9. The van der Waals surface area contributed by atoms with Crippen molar-refractivity contribution in [3.05, 3.63) is 47.0 Å². The van der Waals surface area contributed by atoms with Crippen molar-refractivity contribution in [1.29, 1.82) is 0 Å². The zero-order valence-electron chi connectivity index (χ0n) is 15.3. The standard InChI is InChI=1S/C19H23N3O4S/c1-12(2)17(24)22-19-21-15(11-27-19)9-16(23)20-10-14(18(25)26)8-13-6-4-3-5-7-13/h3-7,11-12,14H,8-10H2,1-2H3,(H,20,23)(H,25,26)(H,21,22,24). The van der Waals surface area contributed by atoms with Gasteiger partial charge in [-0.25, -0.2) is 4.98 Å². The Hall–Kier alpha value is -2.74. The highest BCUT2D eigenvalue weighted by atomic mass is 32.1. The molecule has 0 radical (unpaired) electrons. The van der Waals surface area contributed by atoms with Gasteiger partial charge in [0, 0.05) is 17.8 Å². The van der Waals surface area contributed by atoms with Gasteiger partial charge in [-0.2, -0.15) is 0 Å². The number of thiazole rings is 1. The van der Waals surface area contributed by atoms with Crippen LogP contribution in [0.2, 0.25) is 0 Å². The fourth-order valence-electron chi connectivity index (χ4n) is 2.30. The van der Waals surface area contributed by atoms with Crippen LogP contribution >= 0.6 is 11.3 Å². The molecule has 2 amide bonds. The maximum atomic E-state index is 12.1. The molecule has 7 nitrogen and oxygen atoms in total. The summed E-state index contributed by atoms with van der Waals surface area (Å²) in [7, 11) is 0. The van der Waals surface area contributed by atoms with Crippen LogP contribution in [0.25, 0.3) is 0 Å². The first-order valence-electron chi connectivity index (χ1n) is 8.64. The second-order valence-corrected chi connectivity index (χ2v) is 7.35. The number of rotatable bonds is 9. The van der Waals surface area contributed by atoms with Gasteiger partial charge in [-0.05, 0) is 12.0 Å². The molecule has 2 aromatic rings. The number of aromatic nitrogens is 1. The highest BCUT2D eigenvalue weighted by molar-refractivity contribution is 7.13. The monoisotopic (exact) mass is 389 g/mol. The first-order valence-corrected chi connectivity index (χ1v) is 9.51. The Morgan fingerprint density at radius 3 is 2.52 bits per heavy atom. The van der Waals surface area contributed by atoms with Crippen molar-refractivity contribution >= 4 is 34.3 Å². The first-order chi connectivity index (χ1) is 12.8. The molecule has 0 spiro atoms.